The van der Waals surface area contributed by atoms with Crippen LogP contribution in [-0.2, 0) is 32.0 Å². The number of carbonyl (C=O) groups is 4. The summed E-state index contributed by atoms with van der Waals surface area (Å²) in [5.74, 6) is -1.15. The molecular weight excluding hydrogens is 434 g/mol. The Balaban J connectivity index is 1.30. The average Bonchev–Trinajstić information content (AvgIpc) is 3.31. The number of hydrogen-bond donors (Lipinski definition) is 2. The van der Waals surface area contributed by atoms with E-state index >= 15 is 0 Å². The summed E-state index contributed by atoms with van der Waals surface area (Å²) in [6.07, 6.45) is 4.91. The maximum absolute atomic E-state index is 13.1. The molecule has 2 N–H and O–H groups in total. The van der Waals surface area contributed by atoms with Crippen molar-refractivity contribution in [2.24, 2.45) is 11.3 Å². The molecule has 1 aromatic rings. The number of anilines is 1. The number of imide groups is 1. The van der Waals surface area contributed by atoms with E-state index in [4.69, 9.17) is 4.74 Å². The average molecular weight is 470 g/mol. The molecule has 3 aliphatic rings. The number of aryl methyl sites for hydroxylation is 2. The van der Waals surface area contributed by atoms with E-state index in [-0.39, 0.29) is 11.3 Å². The van der Waals surface area contributed by atoms with Gasteiger partial charge in [0.1, 0.15) is 12.1 Å². The van der Waals surface area contributed by atoms with Crippen LogP contribution in [0.5, 0.6) is 0 Å². The zero-order chi connectivity index (χ0) is 24.7. The maximum atomic E-state index is 13.1. The lowest BCUT2D eigenvalue weighted by Gasteiger charge is -2.40. The number of ether oxygens (including phenoxy) is 1. The Bertz CT molecular complexity index is 1000. The first-order chi connectivity index (χ1) is 16.0. The molecule has 0 aromatic heterocycles. The van der Waals surface area contributed by atoms with Gasteiger partial charge < -0.3 is 15.4 Å². The van der Waals surface area contributed by atoms with Crippen molar-refractivity contribution in [3.8, 4) is 0 Å². The molecule has 2 aliphatic carbocycles. The van der Waals surface area contributed by atoms with Crippen LogP contribution in [-0.4, -0.2) is 46.9 Å². The molecular formula is C26H35N3O5. The van der Waals surface area contributed by atoms with Gasteiger partial charge in [0.15, 0.2) is 6.10 Å². The fourth-order valence-electron chi connectivity index (χ4n) is 5.45. The number of nitrogens with zero attached hydrogens (tertiary/aromatic N) is 1. The molecule has 2 fully saturated rings. The Kier molecular flexibility index (Phi) is 6.44. The SMILES string of the molecule is CC(OC(=O)CN1C(=O)NC2(CCC(C(C)(C)C)CC2)C1=O)C(=O)Nc1ccc2c(c1)CCC2. The monoisotopic (exact) mass is 469 g/mol. The summed E-state index contributed by atoms with van der Waals surface area (Å²) >= 11 is 0. The summed E-state index contributed by atoms with van der Waals surface area (Å²) < 4.78 is 5.25. The van der Waals surface area contributed by atoms with Crippen molar-refractivity contribution in [1.29, 1.82) is 0 Å². The van der Waals surface area contributed by atoms with Crippen molar-refractivity contribution in [2.45, 2.75) is 84.3 Å². The van der Waals surface area contributed by atoms with Crippen LogP contribution in [0.1, 0.15) is 70.9 Å². The van der Waals surface area contributed by atoms with E-state index in [0.717, 1.165) is 37.0 Å². The smallest absolute Gasteiger partial charge is 0.327 e. The number of urea groups is 1. The third kappa shape index (κ3) is 4.81. The molecule has 184 valence electrons. The minimum atomic E-state index is -1.06. The van der Waals surface area contributed by atoms with Crippen molar-refractivity contribution in [3.05, 3.63) is 29.3 Å². The number of fused-ring (bicyclic) bond motifs is 1. The molecule has 4 rings (SSSR count). The fourth-order valence-corrected chi connectivity index (χ4v) is 5.45. The molecule has 4 amide bonds. The third-order valence-corrected chi connectivity index (χ3v) is 7.64. The van der Waals surface area contributed by atoms with Crippen LogP contribution in [0, 0.1) is 11.3 Å². The van der Waals surface area contributed by atoms with E-state index < -0.39 is 36.1 Å². The largest absolute Gasteiger partial charge is 0.451 e. The van der Waals surface area contributed by atoms with Gasteiger partial charge in [-0.15, -0.1) is 0 Å². The predicted molar refractivity (Wildman–Crippen MR) is 127 cm³/mol. The van der Waals surface area contributed by atoms with Gasteiger partial charge in [-0.1, -0.05) is 26.8 Å². The topological polar surface area (TPSA) is 105 Å². The molecule has 0 radical (unpaired) electrons. The number of amides is 4. The van der Waals surface area contributed by atoms with Crippen LogP contribution < -0.4 is 10.6 Å². The number of esters is 1. The predicted octanol–water partition coefficient (Wildman–Crippen LogP) is 3.57. The molecule has 0 bridgehead atoms. The summed E-state index contributed by atoms with van der Waals surface area (Å²) in [6.45, 7) is 7.53. The Morgan fingerprint density at radius 1 is 1.18 bits per heavy atom. The highest BCUT2D eigenvalue weighted by Crippen LogP contribution is 2.43. The second-order valence-electron chi connectivity index (χ2n) is 11.0. The number of rotatable bonds is 5. The van der Waals surface area contributed by atoms with Crippen LogP contribution in [0.3, 0.4) is 0 Å². The van der Waals surface area contributed by atoms with Crippen molar-refractivity contribution in [1.82, 2.24) is 10.2 Å². The quantitative estimate of drug-likeness (QED) is 0.507. The molecule has 1 aliphatic heterocycles. The highest BCUT2D eigenvalue weighted by molar-refractivity contribution is 6.09. The normalized spacial score (nSPS) is 25.2. The second kappa shape index (κ2) is 9.04. The highest BCUT2D eigenvalue weighted by atomic mass is 16.5. The van der Waals surface area contributed by atoms with Gasteiger partial charge in [0, 0.05) is 5.69 Å². The van der Waals surface area contributed by atoms with Gasteiger partial charge in [0.25, 0.3) is 11.8 Å². The summed E-state index contributed by atoms with van der Waals surface area (Å²) in [7, 11) is 0. The zero-order valence-corrected chi connectivity index (χ0v) is 20.5. The standard InChI is InChI=1S/C26H35N3O5/c1-16(22(31)27-20-9-8-17-6-5-7-18(17)14-20)34-21(30)15-29-23(32)26(28-24(29)33)12-10-19(11-13-26)25(2,3)4/h8-9,14,16,19H,5-7,10-13,15H2,1-4H3,(H,27,31)(H,28,33). The molecule has 1 saturated heterocycles. The second-order valence-corrected chi connectivity index (χ2v) is 11.0. The van der Waals surface area contributed by atoms with Crippen molar-refractivity contribution in [3.63, 3.8) is 0 Å². The molecule has 8 nitrogen and oxygen atoms in total. The van der Waals surface area contributed by atoms with E-state index in [1.165, 1.54) is 18.1 Å². The molecule has 1 saturated carbocycles. The van der Waals surface area contributed by atoms with Gasteiger partial charge in [0.2, 0.25) is 0 Å². The fraction of sp³-hybridized carbons (Fsp3) is 0.615. The van der Waals surface area contributed by atoms with E-state index in [1.54, 1.807) is 0 Å². The molecule has 34 heavy (non-hydrogen) atoms. The lowest BCUT2D eigenvalue weighted by Crippen LogP contribution is -2.50. The number of hydrogen-bond acceptors (Lipinski definition) is 5. The summed E-state index contributed by atoms with van der Waals surface area (Å²) in [4.78, 5) is 51.6. The first-order valence-electron chi connectivity index (χ1n) is 12.2. The molecule has 1 aromatic carbocycles. The molecule has 1 atom stereocenters. The number of carbonyl (C=O) groups excluding carboxylic acids is 4. The third-order valence-electron chi connectivity index (χ3n) is 7.64. The van der Waals surface area contributed by atoms with Crippen molar-refractivity contribution in [2.75, 3.05) is 11.9 Å². The minimum absolute atomic E-state index is 0.146. The molecule has 1 heterocycles. The number of benzene rings is 1. The van der Waals surface area contributed by atoms with Crippen LogP contribution in [0.15, 0.2) is 18.2 Å². The zero-order valence-electron chi connectivity index (χ0n) is 20.5. The van der Waals surface area contributed by atoms with Gasteiger partial charge in [-0.3, -0.25) is 19.3 Å². The summed E-state index contributed by atoms with van der Waals surface area (Å²) in [6, 6.07) is 5.23. The number of nitrogens with one attached hydrogen (secondary N) is 2. The summed E-state index contributed by atoms with van der Waals surface area (Å²) in [5.41, 5.74) is 2.40. The van der Waals surface area contributed by atoms with E-state index in [9.17, 15) is 19.2 Å². The molecule has 8 heteroatoms. The maximum Gasteiger partial charge on any atom is 0.327 e. The van der Waals surface area contributed by atoms with Gasteiger partial charge in [0.05, 0.1) is 0 Å². The van der Waals surface area contributed by atoms with Crippen molar-refractivity contribution >= 4 is 29.5 Å². The van der Waals surface area contributed by atoms with Gasteiger partial charge in [-0.05, 0) is 86.5 Å². The summed E-state index contributed by atoms with van der Waals surface area (Å²) in [5, 5.41) is 5.60. The molecule has 1 unspecified atom stereocenters. The highest BCUT2D eigenvalue weighted by Gasteiger charge is 2.53. The first kappa shape index (κ1) is 24.2. The van der Waals surface area contributed by atoms with E-state index in [1.807, 2.05) is 18.2 Å². The van der Waals surface area contributed by atoms with Crippen LogP contribution in [0.4, 0.5) is 10.5 Å². The van der Waals surface area contributed by atoms with Crippen LogP contribution in [0.25, 0.3) is 0 Å². The Morgan fingerprint density at radius 2 is 1.85 bits per heavy atom. The van der Waals surface area contributed by atoms with Crippen LogP contribution in [0.2, 0.25) is 0 Å². The van der Waals surface area contributed by atoms with E-state index in [0.29, 0.717) is 24.4 Å². The van der Waals surface area contributed by atoms with Gasteiger partial charge in [-0.2, -0.15) is 0 Å². The molecule has 1 spiro atoms. The lowest BCUT2D eigenvalue weighted by atomic mass is 9.67. The van der Waals surface area contributed by atoms with Gasteiger partial charge >= 0.3 is 12.0 Å². The first-order valence-corrected chi connectivity index (χ1v) is 12.2. The lowest BCUT2D eigenvalue weighted by molar-refractivity contribution is -0.155. The van der Waals surface area contributed by atoms with E-state index in [2.05, 4.69) is 31.4 Å². The minimum Gasteiger partial charge on any atom is -0.451 e. The Morgan fingerprint density at radius 3 is 2.53 bits per heavy atom. The Hall–Kier alpha value is -2.90. The van der Waals surface area contributed by atoms with Crippen molar-refractivity contribution < 1.29 is 23.9 Å². The van der Waals surface area contributed by atoms with Crippen LogP contribution >= 0.6 is 0 Å². The Labute approximate surface area is 200 Å². The van der Waals surface area contributed by atoms with Gasteiger partial charge in [-0.25, -0.2) is 4.79 Å².